The predicted octanol–water partition coefficient (Wildman–Crippen LogP) is 0.973. The number of hydrogen-bond donors (Lipinski definition) is 1. The van der Waals surface area contributed by atoms with Gasteiger partial charge in [0.25, 0.3) is 0 Å². The molecule has 1 aromatic rings. The average Bonchev–Trinajstić information content (AvgIpc) is 3.19. The molecule has 2 heterocycles. The van der Waals surface area contributed by atoms with E-state index in [1.807, 2.05) is 30.3 Å². The van der Waals surface area contributed by atoms with E-state index in [4.69, 9.17) is 4.74 Å². The summed E-state index contributed by atoms with van der Waals surface area (Å²) < 4.78 is 30.1. The van der Waals surface area contributed by atoms with Crippen molar-refractivity contribution in [3.8, 4) is 0 Å². The second-order valence-corrected chi connectivity index (χ2v) is 9.63. The van der Waals surface area contributed by atoms with Crippen molar-refractivity contribution in [1.82, 2.24) is 15.1 Å². The fraction of sp³-hybridized carbons (Fsp3) is 0.650. The Morgan fingerprint density at radius 2 is 1.96 bits per heavy atom. The van der Waals surface area contributed by atoms with Gasteiger partial charge in [0.1, 0.15) is 0 Å². The lowest BCUT2D eigenvalue weighted by atomic mass is 10.2. The van der Waals surface area contributed by atoms with Crippen LogP contribution < -0.4 is 5.32 Å². The summed E-state index contributed by atoms with van der Waals surface area (Å²) >= 11 is 0. The van der Waals surface area contributed by atoms with E-state index in [1.165, 1.54) is 0 Å². The van der Waals surface area contributed by atoms with Crippen LogP contribution in [0.15, 0.2) is 35.3 Å². The molecule has 2 aliphatic heterocycles. The molecule has 2 fully saturated rings. The zero-order valence-electron chi connectivity index (χ0n) is 16.7. The molecule has 1 unspecified atom stereocenters. The molecule has 0 radical (unpaired) electrons. The number of guanidine groups is 1. The van der Waals surface area contributed by atoms with Gasteiger partial charge in [0.05, 0.1) is 24.7 Å². The molecule has 0 spiro atoms. The third-order valence-electron chi connectivity index (χ3n) is 5.38. The highest BCUT2D eigenvalue weighted by atomic mass is 32.2. The van der Waals surface area contributed by atoms with Gasteiger partial charge < -0.3 is 15.0 Å². The summed E-state index contributed by atoms with van der Waals surface area (Å²) in [6, 6.07) is 9.90. The molecule has 8 heteroatoms. The number of morpholine rings is 1. The first-order valence-electron chi connectivity index (χ1n) is 10.1. The SMILES string of the molecule is CN=C(NCCCS(=O)(=O)Cc1ccccc1)N1CCC(N2CCOCC2)C1. The number of sulfone groups is 1. The van der Waals surface area contributed by atoms with Crippen LogP contribution in [0.5, 0.6) is 0 Å². The zero-order chi connectivity index (χ0) is 19.8. The highest BCUT2D eigenvalue weighted by molar-refractivity contribution is 7.90. The molecule has 2 aliphatic rings. The molecule has 2 saturated heterocycles. The van der Waals surface area contributed by atoms with E-state index in [0.29, 0.717) is 19.0 Å². The van der Waals surface area contributed by atoms with E-state index in [2.05, 4.69) is 20.1 Å². The summed E-state index contributed by atoms with van der Waals surface area (Å²) in [5.74, 6) is 1.16. The predicted molar refractivity (Wildman–Crippen MR) is 112 cm³/mol. The van der Waals surface area contributed by atoms with Crippen LogP contribution in [-0.2, 0) is 20.3 Å². The van der Waals surface area contributed by atoms with Gasteiger partial charge in [-0.25, -0.2) is 8.42 Å². The summed E-state index contributed by atoms with van der Waals surface area (Å²) in [5, 5.41) is 3.34. The van der Waals surface area contributed by atoms with Crippen LogP contribution in [0.2, 0.25) is 0 Å². The molecular formula is C20H32N4O3S. The van der Waals surface area contributed by atoms with Crippen molar-refractivity contribution in [3.05, 3.63) is 35.9 Å². The molecule has 0 saturated carbocycles. The lowest BCUT2D eigenvalue weighted by molar-refractivity contribution is 0.0195. The number of aliphatic imine (C=N–C) groups is 1. The van der Waals surface area contributed by atoms with Crippen LogP contribution >= 0.6 is 0 Å². The van der Waals surface area contributed by atoms with Gasteiger partial charge in [-0.2, -0.15) is 0 Å². The molecule has 1 atom stereocenters. The van der Waals surface area contributed by atoms with Gasteiger partial charge in [0.15, 0.2) is 15.8 Å². The van der Waals surface area contributed by atoms with Crippen molar-refractivity contribution < 1.29 is 13.2 Å². The highest BCUT2D eigenvalue weighted by Crippen LogP contribution is 2.17. The van der Waals surface area contributed by atoms with Gasteiger partial charge >= 0.3 is 0 Å². The standard InChI is InChI=1S/C20H32N4O3S/c1-21-20(24-10-8-19(16-24)23-11-13-27-14-12-23)22-9-5-15-28(25,26)17-18-6-3-2-4-7-18/h2-4,6-7,19H,5,8-17H2,1H3,(H,21,22). The topological polar surface area (TPSA) is 74.2 Å². The van der Waals surface area contributed by atoms with Gasteiger partial charge in [0.2, 0.25) is 0 Å². The molecule has 156 valence electrons. The van der Waals surface area contributed by atoms with Crippen LogP contribution in [0.25, 0.3) is 0 Å². The maximum absolute atomic E-state index is 12.3. The van der Waals surface area contributed by atoms with Gasteiger partial charge in [0, 0.05) is 45.8 Å². The van der Waals surface area contributed by atoms with E-state index in [-0.39, 0.29) is 11.5 Å². The monoisotopic (exact) mass is 408 g/mol. The molecule has 1 N–H and O–H groups in total. The Morgan fingerprint density at radius 1 is 1.21 bits per heavy atom. The van der Waals surface area contributed by atoms with Crippen LogP contribution in [0.3, 0.4) is 0 Å². The third-order valence-corrected chi connectivity index (χ3v) is 7.07. The molecule has 3 rings (SSSR count). The maximum Gasteiger partial charge on any atom is 0.193 e. The lowest BCUT2D eigenvalue weighted by Crippen LogP contribution is -2.46. The Kier molecular flexibility index (Phi) is 7.70. The Hall–Kier alpha value is -1.64. The average molecular weight is 409 g/mol. The van der Waals surface area contributed by atoms with Gasteiger partial charge in [-0.15, -0.1) is 0 Å². The summed E-state index contributed by atoms with van der Waals surface area (Å²) in [7, 11) is -1.31. The normalized spacial score (nSPS) is 21.8. The van der Waals surface area contributed by atoms with E-state index in [1.54, 1.807) is 7.05 Å². The van der Waals surface area contributed by atoms with Crippen molar-refractivity contribution in [3.63, 3.8) is 0 Å². The number of ether oxygens (including phenoxy) is 1. The van der Waals surface area contributed by atoms with E-state index < -0.39 is 9.84 Å². The smallest absolute Gasteiger partial charge is 0.193 e. The van der Waals surface area contributed by atoms with Crippen molar-refractivity contribution >= 4 is 15.8 Å². The number of nitrogens with zero attached hydrogens (tertiary/aromatic N) is 3. The first kappa shape index (κ1) is 21.1. The number of benzene rings is 1. The lowest BCUT2D eigenvalue weighted by Gasteiger charge is -2.32. The molecule has 0 aliphatic carbocycles. The Labute approximate surface area is 168 Å². The number of likely N-dealkylation sites (tertiary alicyclic amines) is 1. The molecule has 0 bridgehead atoms. The maximum atomic E-state index is 12.3. The number of nitrogens with one attached hydrogen (secondary N) is 1. The van der Waals surface area contributed by atoms with Crippen LogP contribution in [-0.4, -0.2) is 89.0 Å². The Morgan fingerprint density at radius 3 is 2.68 bits per heavy atom. The summed E-state index contributed by atoms with van der Waals surface area (Å²) in [5.41, 5.74) is 0.845. The Bertz CT molecular complexity index is 733. The molecule has 1 aromatic carbocycles. The minimum Gasteiger partial charge on any atom is -0.379 e. The fourth-order valence-corrected chi connectivity index (χ4v) is 5.33. The third kappa shape index (κ3) is 6.18. The second-order valence-electron chi connectivity index (χ2n) is 7.44. The molecular weight excluding hydrogens is 376 g/mol. The second kappa shape index (κ2) is 10.2. The molecule has 28 heavy (non-hydrogen) atoms. The Balaban J connectivity index is 1.40. The highest BCUT2D eigenvalue weighted by Gasteiger charge is 2.30. The van der Waals surface area contributed by atoms with Crippen molar-refractivity contribution in [2.75, 3.05) is 58.7 Å². The van der Waals surface area contributed by atoms with Gasteiger partial charge in [-0.05, 0) is 18.4 Å². The van der Waals surface area contributed by atoms with Crippen molar-refractivity contribution in [2.45, 2.75) is 24.6 Å². The van der Waals surface area contributed by atoms with Gasteiger partial charge in [-0.3, -0.25) is 9.89 Å². The number of rotatable bonds is 7. The van der Waals surface area contributed by atoms with E-state index in [9.17, 15) is 8.42 Å². The van der Waals surface area contributed by atoms with E-state index >= 15 is 0 Å². The molecule has 7 nitrogen and oxygen atoms in total. The number of hydrogen-bond acceptors (Lipinski definition) is 5. The summed E-state index contributed by atoms with van der Waals surface area (Å²) in [6.45, 7) is 6.20. The first-order valence-corrected chi connectivity index (χ1v) is 11.9. The quantitative estimate of drug-likeness (QED) is 0.412. The fourth-order valence-electron chi connectivity index (χ4n) is 3.90. The summed E-state index contributed by atoms with van der Waals surface area (Å²) in [4.78, 5) is 9.17. The van der Waals surface area contributed by atoms with Gasteiger partial charge in [-0.1, -0.05) is 30.3 Å². The minimum atomic E-state index is -3.09. The summed E-state index contributed by atoms with van der Waals surface area (Å²) in [6.07, 6.45) is 1.71. The largest absolute Gasteiger partial charge is 0.379 e. The van der Waals surface area contributed by atoms with Crippen LogP contribution in [0.1, 0.15) is 18.4 Å². The van der Waals surface area contributed by atoms with Crippen LogP contribution in [0.4, 0.5) is 0 Å². The van der Waals surface area contributed by atoms with Crippen molar-refractivity contribution in [2.24, 2.45) is 4.99 Å². The van der Waals surface area contributed by atoms with Crippen molar-refractivity contribution in [1.29, 1.82) is 0 Å². The first-order chi connectivity index (χ1) is 13.6. The molecule has 0 amide bonds. The zero-order valence-corrected chi connectivity index (χ0v) is 17.5. The van der Waals surface area contributed by atoms with E-state index in [0.717, 1.165) is 57.3 Å². The van der Waals surface area contributed by atoms with Crippen LogP contribution in [0, 0.1) is 0 Å². The minimum absolute atomic E-state index is 0.107. The molecule has 0 aromatic heterocycles.